The Morgan fingerprint density at radius 2 is 1.76 bits per heavy atom. The molecule has 2 amide bonds. The van der Waals surface area contributed by atoms with Crippen LogP contribution in [0.25, 0.3) is 21.3 Å². The molecule has 0 saturated heterocycles. The Labute approximate surface area is 198 Å². The van der Waals surface area contributed by atoms with E-state index in [4.69, 9.17) is 4.98 Å². The molecule has 7 nitrogen and oxygen atoms in total. The average molecular weight is 466 g/mol. The van der Waals surface area contributed by atoms with Crippen LogP contribution in [0.4, 0.5) is 5.13 Å². The summed E-state index contributed by atoms with van der Waals surface area (Å²) in [5, 5.41) is 6.51. The smallest absolute Gasteiger partial charge is 0.261 e. The van der Waals surface area contributed by atoms with Crippen LogP contribution in [-0.4, -0.2) is 35.9 Å². The van der Waals surface area contributed by atoms with Crippen LogP contribution in [0.3, 0.4) is 0 Å². The van der Waals surface area contributed by atoms with Crippen LogP contribution in [0.5, 0.6) is 0 Å². The van der Waals surface area contributed by atoms with Gasteiger partial charge in [0.25, 0.3) is 5.91 Å². The molecule has 1 saturated carbocycles. The van der Waals surface area contributed by atoms with E-state index in [1.54, 1.807) is 14.0 Å². The number of benzene rings is 2. The van der Waals surface area contributed by atoms with Gasteiger partial charge < -0.3 is 10.6 Å². The van der Waals surface area contributed by atoms with Gasteiger partial charge in [-0.2, -0.15) is 0 Å². The first-order chi connectivity index (χ1) is 16.1. The maximum absolute atomic E-state index is 13.1. The van der Waals surface area contributed by atoms with Gasteiger partial charge in [0.2, 0.25) is 11.0 Å². The van der Waals surface area contributed by atoms with Crippen molar-refractivity contribution >= 4 is 38.5 Å². The molecule has 1 aliphatic rings. The van der Waals surface area contributed by atoms with Gasteiger partial charge in [-0.25, -0.2) is 4.98 Å². The van der Waals surface area contributed by atoms with Crippen LogP contribution >= 0.6 is 11.3 Å². The first-order valence-corrected chi connectivity index (χ1v) is 12.4. The molecule has 0 bridgehead atoms. The predicted molar refractivity (Wildman–Crippen MR) is 134 cm³/mol. The van der Waals surface area contributed by atoms with E-state index in [1.165, 1.54) is 17.8 Å². The lowest BCUT2D eigenvalue weighted by atomic mass is 9.83. The van der Waals surface area contributed by atoms with Crippen molar-refractivity contribution in [3.63, 3.8) is 0 Å². The number of para-hydroxylation sites is 1. The van der Waals surface area contributed by atoms with E-state index < -0.39 is 6.04 Å². The monoisotopic (exact) mass is 465 g/mol. The quantitative estimate of drug-likeness (QED) is 0.376. The Morgan fingerprint density at radius 3 is 2.48 bits per heavy atom. The second kappa shape index (κ2) is 10.8. The van der Waals surface area contributed by atoms with E-state index in [0.717, 1.165) is 47.0 Å². The number of fused-ring (bicyclic) bond motifs is 1. The molecule has 4 N–H and O–H groups in total. The summed E-state index contributed by atoms with van der Waals surface area (Å²) in [7, 11) is 1.73. The largest absolute Gasteiger partial charge is 0.343 e. The summed E-state index contributed by atoms with van der Waals surface area (Å²) in [5.74, 6) is -0.273. The Balaban J connectivity index is 1.49. The lowest BCUT2D eigenvalue weighted by molar-refractivity contribution is -0.131. The molecule has 1 heterocycles. The first-order valence-electron chi connectivity index (χ1n) is 11.6. The fraction of sp³-hybridized carbons (Fsp3) is 0.400. The highest BCUT2D eigenvalue weighted by molar-refractivity contribution is 7.22. The zero-order valence-corrected chi connectivity index (χ0v) is 19.9. The first kappa shape index (κ1) is 23.2. The summed E-state index contributed by atoms with van der Waals surface area (Å²) < 4.78 is 1.04. The lowest BCUT2D eigenvalue weighted by Gasteiger charge is -2.30. The van der Waals surface area contributed by atoms with Gasteiger partial charge in [0.1, 0.15) is 6.04 Å². The fourth-order valence-electron chi connectivity index (χ4n) is 4.32. The lowest BCUT2D eigenvalue weighted by Crippen LogP contribution is -2.55. The SMILES string of the molecule is CN[C@@H](C)C(=O)N[C@H](C(=O)NNc1nc2c(-c3ccccc3)cccc2s1)C1CCCCC1. The second-order valence-corrected chi connectivity index (χ2v) is 9.58. The van der Waals surface area contributed by atoms with Crippen molar-refractivity contribution in [2.24, 2.45) is 5.92 Å². The molecule has 33 heavy (non-hydrogen) atoms. The maximum atomic E-state index is 13.1. The zero-order valence-electron chi connectivity index (χ0n) is 19.1. The van der Waals surface area contributed by atoms with Gasteiger partial charge in [-0.05, 0) is 44.4 Å². The molecular formula is C25H31N5O2S. The number of hydrazine groups is 1. The number of hydrogen-bond donors (Lipinski definition) is 4. The summed E-state index contributed by atoms with van der Waals surface area (Å²) in [6.07, 6.45) is 5.22. The number of hydrogen-bond acceptors (Lipinski definition) is 6. The van der Waals surface area contributed by atoms with Crippen molar-refractivity contribution < 1.29 is 9.59 Å². The Kier molecular flexibility index (Phi) is 7.57. The van der Waals surface area contributed by atoms with Gasteiger partial charge in [0.15, 0.2) is 0 Å². The molecule has 4 rings (SSSR count). The maximum Gasteiger partial charge on any atom is 0.261 e. The summed E-state index contributed by atoms with van der Waals surface area (Å²) in [5.41, 5.74) is 8.84. The topological polar surface area (TPSA) is 95.2 Å². The van der Waals surface area contributed by atoms with Crippen molar-refractivity contribution in [2.75, 3.05) is 12.5 Å². The van der Waals surface area contributed by atoms with Crippen LogP contribution in [0, 0.1) is 5.92 Å². The molecule has 0 radical (unpaired) electrons. The van der Waals surface area contributed by atoms with Crippen molar-refractivity contribution in [3.8, 4) is 11.1 Å². The molecule has 1 aromatic heterocycles. The number of aromatic nitrogens is 1. The van der Waals surface area contributed by atoms with Crippen molar-refractivity contribution in [1.82, 2.24) is 21.0 Å². The average Bonchev–Trinajstić information content (AvgIpc) is 3.29. The summed E-state index contributed by atoms with van der Waals surface area (Å²) in [4.78, 5) is 30.4. The fourth-order valence-corrected chi connectivity index (χ4v) is 5.17. The standard InChI is InChI=1S/C25H31N5O2S/c1-16(26-2)23(31)27-21(18-12-7-4-8-13-18)24(32)29-30-25-28-22-19(14-9-15-20(22)33-25)17-10-5-3-6-11-17/h3,5-6,9-11,14-16,18,21,26H,4,7-8,12-13H2,1-2H3,(H,27,31)(H,28,30)(H,29,32)/t16-,21-/m0/s1. The second-order valence-electron chi connectivity index (χ2n) is 8.55. The van der Waals surface area contributed by atoms with Gasteiger partial charge in [0, 0.05) is 5.56 Å². The highest BCUT2D eigenvalue weighted by atomic mass is 32.1. The van der Waals surface area contributed by atoms with Crippen LogP contribution in [-0.2, 0) is 9.59 Å². The van der Waals surface area contributed by atoms with Crippen LogP contribution in [0.1, 0.15) is 39.0 Å². The number of carbonyl (C=O) groups excluding carboxylic acids is 2. The minimum Gasteiger partial charge on any atom is -0.343 e. The predicted octanol–water partition coefficient (Wildman–Crippen LogP) is 4.08. The molecule has 0 spiro atoms. The van der Waals surface area contributed by atoms with E-state index in [9.17, 15) is 9.59 Å². The minimum atomic E-state index is -0.574. The van der Waals surface area contributed by atoms with Crippen molar-refractivity contribution in [2.45, 2.75) is 51.1 Å². The highest BCUT2D eigenvalue weighted by Crippen LogP contribution is 2.33. The number of likely N-dealkylation sites (N-methyl/N-ethyl adjacent to an activating group) is 1. The normalized spacial score (nSPS) is 16.2. The molecule has 0 unspecified atom stereocenters. The molecule has 174 valence electrons. The number of thiazole rings is 1. The molecule has 0 aliphatic heterocycles. The van der Waals surface area contributed by atoms with E-state index in [0.29, 0.717) is 5.13 Å². The van der Waals surface area contributed by atoms with E-state index in [1.807, 2.05) is 30.3 Å². The Hall–Kier alpha value is -2.97. The van der Waals surface area contributed by atoms with Gasteiger partial charge in [-0.15, -0.1) is 0 Å². The van der Waals surface area contributed by atoms with Gasteiger partial charge in [-0.3, -0.25) is 20.4 Å². The van der Waals surface area contributed by atoms with Crippen molar-refractivity contribution in [1.29, 1.82) is 0 Å². The summed E-state index contributed by atoms with van der Waals surface area (Å²) in [6, 6.07) is 15.3. The third-order valence-electron chi connectivity index (χ3n) is 6.32. The number of anilines is 1. The van der Waals surface area contributed by atoms with Crippen molar-refractivity contribution in [3.05, 3.63) is 48.5 Å². The van der Waals surface area contributed by atoms with E-state index in [2.05, 4.69) is 39.7 Å². The van der Waals surface area contributed by atoms with Crippen LogP contribution in [0.15, 0.2) is 48.5 Å². The van der Waals surface area contributed by atoms with Gasteiger partial charge in [-0.1, -0.05) is 73.1 Å². The highest BCUT2D eigenvalue weighted by Gasteiger charge is 2.32. The number of rotatable bonds is 8. The molecule has 8 heteroatoms. The number of nitrogens with one attached hydrogen (secondary N) is 4. The molecule has 3 aromatic rings. The molecule has 2 aromatic carbocycles. The van der Waals surface area contributed by atoms with Crippen LogP contribution in [0.2, 0.25) is 0 Å². The van der Waals surface area contributed by atoms with E-state index in [-0.39, 0.29) is 23.8 Å². The minimum absolute atomic E-state index is 0.133. The molecule has 2 atom stereocenters. The number of nitrogens with zero attached hydrogens (tertiary/aromatic N) is 1. The summed E-state index contributed by atoms with van der Waals surface area (Å²) >= 11 is 1.48. The number of carbonyl (C=O) groups is 2. The van der Waals surface area contributed by atoms with E-state index >= 15 is 0 Å². The molecular weight excluding hydrogens is 434 g/mol. The number of amides is 2. The Morgan fingerprint density at radius 1 is 1.00 bits per heavy atom. The van der Waals surface area contributed by atoms with Gasteiger partial charge >= 0.3 is 0 Å². The third kappa shape index (κ3) is 5.51. The molecule has 1 fully saturated rings. The van der Waals surface area contributed by atoms with Gasteiger partial charge in [0.05, 0.1) is 16.3 Å². The summed E-state index contributed by atoms with van der Waals surface area (Å²) in [6.45, 7) is 1.79. The van der Waals surface area contributed by atoms with Crippen LogP contribution < -0.4 is 21.5 Å². The molecule has 1 aliphatic carbocycles. The third-order valence-corrected chi connectivity index (χ3v) is 7.26. The Bertz CT molecular complexity index is 1090. The zero-order chi connectivity index (χ0) is 23.2.